The van der Waals surface area contributed by atoms with Gasteiger partial charge in [0.05, 0.1) is 15.8 Å². The number of amides is 1. The molecule has 3 rings (SSSR count). The average Bonchev–Trinajstić information content (AvgIpc) is 3.03. The van der Waals surface area contributed by atoms with E-state index in [-0.39, 0.29) is 5.91 Å². The first-order valence-electron chi connectivity index (χ1n) is 6.91. The number of thiazole rings is 1. The van der Waals surface area contributed by atoms with Crippen LogP contribution in [0.25, 0.3) is 10.2 Å². The van der Waals surface area contributed by atoms with Crippen molar-refractivity contribution >= 4 is 27.5 Å². The Morgan fingerprint density at radius 2 is 2.10 bits per heavy atom. The molecule has 1 aliphatic carbocycles. The molecule has 1 N–H and O–H groups in total. The van der Waals surface area contributed by atoms with Crippen molar-refractivity contribution in [2.75, 3.05) is 13.6 Å². The molecule has 0 unspecified atom stereocenters. The minimum absolute atomic E-state index is 0.105. The largest absolute Gasteiger partial charge is 0.388 e. The number of benzene rings is 1. The van der Waals surface area contributed by atoms with Crippen LogP contribution in [0.4, 0.5) is 0 Å². The summed E-state index contributed by atoms with van der Waals surface area (Å²) < 4.78 is 1.02. The maximum Gasteiger partial charge on any atom is 0.282 e. The van der Waals surface area contributed by atoms with Gasteiger partial charge in [-0.2, -0.15) is 0 Å². The normalized spacial score (nSPS) is 17.5. The van der Waals surface area contributed by atoms with E-state index in [4.69, 9.17) is 0 Å². The summed E-state index contributed by atoms with van der Waals surface area (Å²) in [5.41, 5.74) is 0.148. The van der Waals surface area contributed by atoms with Gasteiger partial charge in [-0.05, 0) is 25.0 Å². The number of fused-ring (bicyclic) bond motifs is 1. The first-order valence-corrected chi connectivity index (χ1v) is 7.72. The molecule has 1 heterocycles. The van der Waals surface area contributed by atoms with Gasteiger partial charge in [0.1, 0.15) is 0 Å². The van der Waals surface area contributed by atoms with Gasteiger partial charge in [-0.3, -0.25) is 4.79 Å². The van der Waals surface area contributed by atoms with Crippen LogP contribution in [-0.4, -0.2) is 40.1 Å². The van der Waals surface area contributed by atoms with E-state index in [9.17, 15) is 9.90 Å². The van der Waals surface area contributed by atoms with Crippen LogP contribution >= 0.6 is 11.3 Å². The summed E-state index contributed by atoms with van der Waals surface area (Å²) in [5.74, 6) is -0.105. The summed E-state index contributed by atoms with van der Waals surface area (Å²) in [6.45, 7) is 0.391. The Labute approximate surface area is 122 Å². The lowest BCUT2D eigenvalue weighted by atomic mass is 10.0. The zero-order chi connectivity index (χ0) is 14.2. The predicted octanol–water partition coefficient (Wildman–Crippen LogP) is 2.67. The van der Waals surface area contributed by atoms with E-state index < -0.39 is 5.60 Å². The molecule has 0 radical (unpaired) electrons. The lowest BCUT2D eigenvalue weighted by Gasteiger charge is -2.28. The van der Waals surface area contributed by atoms with Gasteiger partial charge in [-0.1, -0.05) is 25.0 Å². The van der Waals surface area contributed by atoms with Crippen LogP contribution in [0.5, 0.6) is 0 Å². The second kappa shape index (κ2) is 5.14. The summed E-state index contributed by atoms with van der Waals surface area (Å²) in [6, 6.07) is 7.74. The Hall–Kier alpha value is -1.46. The number of aliphatic hydroxyl groups is 1. The van der Waals surface area contributed by atoms with Gasteiger partial charge in [0, 0.05) is 13.6 Å². The molecule has 1 fully saturated rings. The van der Waals surface area contributed by atoms with Crippen LogP contribution in [0, 0.1) is 0 Å². The van der Waals surface area contributed by atoms with Crippen LogP contribution in [0.2, 0.25) is 0 Å². The summed E-state index contributed by atoms with van der Waals surface area (Å²) in [7, 11) is 1.74. The molecule has 106 valence electrons. The van der Waals surface area contributed by atoms with Crippen molar-refractivity contribution in [1.29, 1.82) is 0 Å². The maximum atomic E-state index is 12.4. The van der Waals surface area contributed by atoms with Crippen molar-refractivity contribution in [3.05, 3.63) is 29.3 Å². The Morgan fingerprint density at radius 1 is 1.40 bits per heavy atom. The minimum atomic E-state index is -0.707. The highest BCUT2D eigenvalue weighted by Crippen LogP contribution is 2.30. The highest BCUT2D eigenvalue weighted by atomic mass is 32.1. The Balaban J connectivity index is 1.77. The third kappa shape index (κ3) is 2.55. The van der Waals surface area contributed by atoms with E-state index in [1.807, 2.05) is 24.3 Å². The zero-order valence-electron chi connectivity index (χ0n) is 11.5. The van der Waals surface area contributed by atoms with Gasteiger partial charge in [0.25, 0.3) is 5.91 Å². The number of carbonyl (C=O) groups excluding carboxylic acids is 1. The van der Waals surface area contributed by atoms with E-state index in [0.29, 0.717) is 11.6 Å². The highest BCUT2D eigenvalue weighted by molar-refractivity contribution is 7.20. The Kier molecular flexibility index (Phi) is 3.48. The fourth-order valence-electron chi connectivity index (χ4n) is 2.83. The molecule has 1 saturated carbocycles. The SMILES string of the molecule is CN(CC1(O)CCCC1)C(=O)c1nc2ccccc2s1. The summed E-state index contributed by atoms with van der Waals surface area (Å²) in [5, 5.41) is 10.9. The van der Waals surface area contributed by atoms with Crippen LogP contribution in [0.15, 0.2) is 24.3 Å². The number of carbonyl (C=O) groups is 1. The van der Waals surface area contributed by atoms with E-state index in [0.717, 1.165) is 35.9 Å². The molecule has 0 bridgehead atoms. The molecule has 1 aromatic heterocycles. The molecule has 0 aliphatic heterocycles. The third-order valence-corrected chi connectivity index (χ3v) is 4.91. The smallest absolute Gasteiger partial charge is 0.282 e. The van der Waals surface area contributed by atoms with Crippen LogP contribution in [0.3, 0.4) is 0 Å². The molecular weight excluding hydrogens is 272 g/mol. The second-order valence-corrected chi connectivity index (χ2v) is 6.61. The quantitative estimate of drug-likeness (QED) is 0.945. The molecular formula is C15H18N2O2S. The van der Waals surface area contributed by atoms with Gasteiger partial charge in [0.2, 0.25) is 0 Å². The number of likely N-dealkylation sites (N-methyl/N-ethyl adjacent to an activating group) is 1. The van der Waals surface area contributed by atoms with Gasteiger partial charge >= 0.3 is 0 Å². The summed E-state index contributed by atoms with van der Waals surface area (Å²) >= 11 is 1.41. The molecule has 1 aromatic carbocycles. The molecule has 5 heteroatoms. The standard InChI is InChI=1S/C15H18N2O2S/c1-17(10-15(19)8-4-5-9-15)14(18)13-16-11-6-2-3-7-12(11)20-13/h2-3,6-7,19H,4-5,8-10H2,1H3. The lowest BCUT2D eigenvalue weighted by molar-refractivity contribution is 0.0157. The molecule has 2 aromatic rings. The van der Waals surface area contributed by atoms with Gasteiger partial charge in [-0.25, -0.2) is 4.98 Å². The van der Waals surface area contributed by atoms with Crippen LogP contribution < -0.4 is 0 Å². The van der Waals surface area contributed by atoms with Crippen molar-refractivity contribution in [2.45, 2.75) is 31.3 Å². The van der Waals surface area contributed by atoms with Crippen molar-refractivity contribution in [3.8, 4) is 0 Å². The molecule has 1 amide bonds. The number of nitrogens with zero attached hydrogens (tertiary/aromatic N) is 2. The molecule has 20 heavy (non-hydrogen) atoms. The fraction of sp³-hybridized carbons (Fsp3) is 0.467. The second-order valence-electron chi connectivity index (χ2n) is 5.58. The number of hydrogen-bond donors (Lipinski definition) is 1. The number of para-hydroxylation sites is 1. The molecule has 4 nitrogen and oxygen atoms in total. The maximum absolute atomic E-state index is 12.4. The number of hydrogen-bond acceptors (Lipinski definition) is 4. The van der Waals surface area contributed by atoms with Gasteiger partial charge in [0.15, 0.2) is 5.01 Å². The Bertz CT molecular complexity index is 599. The van der Waals surface area contributed by atoms with Crippen LogP contribution in [-0.2, 0) is 0 Å². The lowest BCUT2D eigenvalue weighted by Crippen LogP contribution is -2.42. The minimum Gasteiger partial charge on any atom is -0.388 e. The first-order chi connectivity index (χ1) is 9.57. The van der Waals surface area contributed by atoms with E-state index in [1.165, 1.54) is 11.3 Å². The van der Waals surface area contributed by atoms with Crippen LogP contribution in [0.1, 0.15) is 35.5 Å². The highest BCUT2D eigenvalue weighted by Gasteiger charge is 2.34. The van der Waals surface area contributed by atoms with Gasteiger partial charge < -0.3 is 10.0 Å². The number of aromatic nitrogens is 1. The first kappa shape index (κ1) is 13.5. The van der Waals surface area contributed by atoms with Crippen molar-refractivity contribution < 1.29 is 9.90 Å². The predicted molar refractivity (Wildman–Crippen MR) is 80.0 cm³/mol. The summed E-state index contributed by atoms with van der Waals surface area (Å²) in [4.78, 5) is 18.4. The third-order valence-electron chi connectivity index (χ3n) is 3.89. The van der Waals surface area contributed by atoms with E-state index in [2.05, 4.69) is 4.98 Å². The molecule has 0 atom stereocenters. The molecule has 1 aliphatic rings. The van der Waals surface area contributed by atoms with E-state index >= 15 is 0 Å². The fourth-order valence-corrected chi connectivity index (χ4v) is 3.79. The van der Waals surface area contributed by atoms with E-state index in [1.54, 1.807) is 11.9 Å². The monoisotopic (exact) mass is 290 g/mol. The van der Waals surface area contributed by atoms with Crippen molar-refractivity contribution in [1.82, 2.24) is 9.88 Å². The summed E-state index contributed by atoms with van der Waals surface area (Å²) in [6.07, 6.45) is 3.65. The van der Waals surface area contributed by atoms with Crippen molar-refractivity contribution in [2.24, 2.45) is 0 Å². The molecule has 0 saturated heterocycles. The average molecular weight is 290 g/mol. The van der Waals surface area contributed by atoms with Crippen molar-refractivity contribution in [3.63, 3.8) is 0 Å². The number of rotatable bonds is 3. The Morgan fingerprint density at radius 3 is 2.80 bits per heavy atom. The molecule has 0 spiro atoms. The topological polar surface area (TPSA) is 53.4 Å². The van der Waals surface area contributed by atoms with Gasteiger partial charge in [-0.15, -0.1) is 11.3 Å². The zero-order valence-corrected chi connectivity index (χ0v) is 12.3.